The van der Waals surface area contributed by atoms with Crippen molar-refractivity contribution in [2.75, 3.05) is 39.2 Å². The second-order valence-corrected chi connectivity index (χ2v) is 11.9. The van der Waals surface area contributed by atoms with Crippen LogP contribution in [0.1, 0.15) is 29.7 Å². The third-order valence-electron chi connectivity index (χ3n) is 7.00. The zero-order chi connectivity index (χ0) is 27.0. The maximum atomic E-state index is 14.6. The molecule has 6 nitrogen and oxygen atoms in total. The minimum Gasteiger partial charge on any atom is -0.508 e. The summed E-state index contributed by atoms with van der Waals surface area (Å²) in [6.45, 7) is 4.28. The summed E-state index contributed by atoms with van der Waals surface area (Å²) in [6.07, 6.45) is 0.378. The van der Waals surface area contributed by atoms with Gasteiger partial charge in [-0.15, -0.1) is 0 Å². The van der Waals surface area contributed by atoms with Crippen molar-refractivity contribution in [3.8, 4) is 17.2 Å². The van der Waals surface area contributed by atoms with Crippen LogP contribution in [0, 0.1) is 11.7 Å². The normalized spacial score (nSPS) is 18.1. The number of sulfone groups is 1. The van der Waals surface area contributed by atoms with Crippen LogP contribution in [-0.2, 0) is 9.84 Å². The molecule has 0 aromatic heterocycles. The molecule has 0 unspecified atom stereocenters. The first kappa shape index (κ1) is 26.2. The van der Waals surface area contributed by atoms with E-state index in [0.29, 0.717) is 34.8 Å². The molecule has 1 atom stereocenters. The second-order valence-electron chi connectivity index (χ2n) is 9.86. The fourth-order valence-corrected chi connectivity index (χ4v) is 5.63. The molecule has 2 heterocycles. The Kier molecular flexibility index (Phi) is 7.15. The van der Waals surface area contributed by atoms with Gasteiger partial charge in [-0.25, -0.2) is 12.8 Å². The average Bonchev–Trinajstić information content (AvgIpc) is 2.85. The number of allylic oxidation sites excluding steroid dienone is 1. The Balaban J connectivity index is 1.46. The smallest absolute Gasteiger partial charge is 0.175 e. The van der Waals surface area contributed by atoms with Gasteiger partial charge >= 0.3 is 0 Å². The number of phenols is 1. The third-order valence-corrected chi connectivity index (χ3v) is 8.09. The lowest BCUT2D eigenvalue weighted by Crippen LogP contribution is -2.49. The molecule has 38 heavy (non-hydrogen) atoms. The summed E-state index contributed by atoms with van der Waals surface area (Å²) in [5, 5.41) is 10.1. The van der Waals surface area contributed by atoms with Crippen molar-refractivity contribution in [2.45, 2.75) is 17.9 Å². The number of alkyl halides is 1. The van der Waals surface area contributed by atoms with Crippen molar-refractivity contribution in [1.29, 1.82) is 0 Å². The van der Waals surface area contributed by atoms with Gasteiger partial charge in [0, 0.05) is 42.9 Å². The largest absolute Gasteiger partial charge is 0.508 e. The minimum atomic E-state index is -3.66. The molecule has 0 saturated carbocycles. The van der Waals surface area contributed by atoms with Gasteiger partial charge < -0.3 is 14.6 Å². The number of halogens is 2. The number of hydrogen-bond acceptors (Lipinski definition) is 6. The number of likely N-dealkylation sites (tertiary alicyclic amines) is 1. The number of fused-ring (bicyclic) bond motifs is 1. The molecule has 2 aliphatic rings. The molecule has 9 heteroatoms. The predicted octanol–water partition coefficient (Wildman–Crippen LogP) is 5.28. The van der Waals surface area contributed by atoms with E-state index in [1.54, 1.807) is 12.1 Å². The standard InChI is InChI=1S/C29H29F2NO5S/c1-18-26-14-23(33)5-8-27(26)37-29(28(18)21-11-22(31)13-25(12-21)38(2,34)35)20-3-6-24(7-4-20)36-10-9-32-16-19(15-30)17-32/h3-8,11-14,19,29,33H,9-10,15-17H2,1-2H3/t29-/m1/s1. The minimum absolute atomic E-state index is 0.0560. The van der Waals surface area contributed by atoms with E-state index < -0.39 is 21.8 Å². The van der Waals surface area contributed by atoms with Crippen LogP contribution in [0.25, 0.3) is 11.1 Å². The first-order valence-corrected chi connectivity index (χ1v) is 14.2. The van der Waals surface area contributed by atoms with Gasteiger partial charge in [0.1, 0.15) is 35.8 Å². The van der Waals surface area contributed by atoms with E-state index in [9.17, 15) is 22.3 Å². The van der Waals surface area contributed by atoms with E-state index in [1.165, 1.54) is 18.2 Å². The van der Waals surface area contributed by atoms with Gasteiger partial charge in [0.25, 0.3) is 0 Å². The molecule has 0 spiro atoms. The SMILES string of the molecule is CC1=C(c2cc(F)cc(S(C)(=O)=O)c2)[C@@H](c2ccc(OCCN3CC(CF)C3)cc2)Oc2ccc(O)cc21. The predicted molar refractivity (Wildman–Crippen MR) is 141 cm³/mol. The number of aromatic hydroxyl groups is 1. The van der Waals surface area contributed by atoms with Gasteiger partial charge in [0.2, 0.25) is 0 Å². The molecular weight excluding hydrogens is 512 g/mol. The van der Waals surface area contributed by atoms with Crippen LogP contribution >= 0.6 is 0 Å². The lowest BCUT2D eigenvalue weighted by Gasteiger charge is -2.37. The summed E-state index contributed by atoms with van der Waals surface area (Å²) in [6, 6.07) is 15.9. The second kappa shape index (κ2) is 10.4. The Morgan fingerprint density at radius 1 is 1.08 bits per heavy atom. The highest BCUT2D eigenvalue weighted by Gasteiger charge is 2.31. The Morgan fingerprint density at radius 3 is 2.50 bits per heavy atom. The van der Waals surface area contributed by atoms with Crippen LogP contribution in [0.2, 0.25) is 0 Å². The average molecular weight is 542 g/mol. The number of nitrogens with zero attached hydrogens (tertiary/aromatic N) is 1. The van der Waals surface area contributed by atoms with Crippen LogP contribution in [0.3, 0.4) is 0 Å². The van der Waals surface area contributed by atoms with Gasteiger partial charge in [-0.3, -0.25) is 9.29 Å². The molecule has 1 saturated heterocycles. The maximum absolute atomic E-state index is 14.6. The highest BCUT2D eigenvalue weighted by molar-refractivity contribution is 7.90. The summed E-state index contributed by atoms with van der Waals surface area (Å²) in [5.41, 5.74) is 3.12. The van der Waals surface area contributed by atoms with E-state index in [-0.39, 0.29) is 23.2 Å². The van der Waals surface area contributed by atoms with Crippen LogP contribution in [0.5, 0.6) is 17.2 Å². The number of hydrogen-bond donors (Lipinski definition) is 1. The summed E-state index contributed by atoms with van der Waals surface area (Å²) in [5.74, 6) is 0.740. The summed E-state index contributed by atoms with van der Waals surface area (Å²) < 4.78 is 63.9. The van der Waals surface area contributed by atoms with Crippen molar-refractivity contribution in [3.05, 3.63) is 83.2 Å². The molecule has 2 aliphatic heterocycles. The van der Waals surface area contributed by atoms with Crippen LogP contribution in [0.15, 0.2) is 65.6 Å². The van der Waals surface area contributed by atoms with Gasteiger partial charge in [-0.2, -0.15) is 0 Å². The van der Waals surface area contributed by atoms with E-state index >= 15 is 0 Å². The van der Waals surface area contributed by atoms with Crippen molar-refractivity contribution in [2.24, 2.45) is 5.92 Å². The fraction of sp³-hybridized carbons (Fsp3) is 0.310. The zero-order valence-electron chi connectivity index (χ0n) is 21.2. The monoisotopic (exact) mass is 541 g/mol. The zero-order valence-corrected chi connectivity index (χ0v) is 22.0. The molecule has 0 aliphatic carbocycles. The fourth-order valence-electron chi connectivity index (χ4n) is 4.96. The third kappa shape index (κ3) is 5.39. The number of phenolic OH excluding ortho intramolecular Hbond substituents is 1. The molecular formula is C29H29F2NO5S. The highest BCUT2D eigenvalue weighted by atomic mass is 32.2. The van der Waals surface area contributed by atoms with Crippen LogP contribution in [-0.4, -0.2) is 57.6 Å². The van der Waals surface area contributed by atoms with Crippen molar-refractivity contribution >= 4 is 21.0 Å². The molecule has 0 amide bonds. The van der Waals surface area contributed by atoms with Crippen molar-refractivity contribution in [3.63, 3.8) is 0 Å². The molecule has 0 bridgehead atoms. The van der Waals surface area contributed by atoms with Crippen LogP contribution in [0.4, 0.5) is 8.78 Å². The van der Waals surface area contributed by atoms with Gasteiger partial charge in [-0.05, 0) is 72.2 Å². The van der Waals surface area contributed by atoms with Gasteiger partial charge in [0.05, 0.1) is 11.6 Å². The molecule has 1 N–H and O–H groups in total. The number of ether oxygens (including phenoxy) is 2. The Bertz CT molecular complexity index is 1480. The number of benzene rings is 3. The topological polar surface area (TPSA) is 76.1 Å². The molecule has 5 rings (SSSR count). The Labute approximate surface area is 221 Å². The number of rotatable bonds is 8. The van der Waals surface area contributed by atoms with Crippen LogP contribution < -0.4 is 9.47 Å². The molecule has 200 valence electrons. The Morgan fingerprint density at radius 2 is 1.82 bits per heavy atom. The quantitative estimate of drug-likeness (QED) is 0.418. The van der Waals surface area contributed by atoms with E-state index in [2.05, 4.69) is 4.90 Å². The first-order chi connectivity index (χ1) is 18.1. The van der Waals surface area contributed by atoms with Crippen molar-refractivity contribution in [1.82, 2.24) is 4.90 Å². The molecule has 0 radical (unpaired) electrons. The highest BCUT2D eigenvalue weighted by Crippen LogP contribution is 2.47. The van der Waals surface area contributed by atoms with Crippen molar-refractivity contribution < 1.29 is 31.8 Å². The van der Waals surface area contributed by atoms with E-state index in [0.717, 1.165) is 43.1 Å². The lowest BCUT2D eigenvalue weighted by atomic mass is 9.86. The van der Waals surface area contributed by atoms with Gasteiger partial charge in [0.15, 0.2) is 9.84 Å². The molecule has 3 aromatic carbocycles. The molecule has 3 aromatic rings. The van der Waals surface area contributed by atoms with E-state index in [4.69, 9.17) is 9.47 Å². The summed E-state index contributed by atoms with van der Waals surface area (Å²) >= 11 is 0. The van der Waals surface area contributed by atoms with E-state index in [1.807, 2.05) is 31.2 Å². The molecule has 1 fully saturated rings. The lowest BCUT2D eigenvalue weighted by molar-refractivity contribution is 0.0668. The van der Waals surface area contributed by atoms with Gasteiger partial charge in [-0.1, -0.05) is 12.1 Å². The maximum Gasteiger partial charge on any atom is 0.175 e. The summed E-state index contributed by atoms with van der Waals surface area (Å²) in [7, 11) is -3.66. The Hall–Kier alpha value is -3.43. The summed E-state index contributed by atoms with van der Waals surface area (Å²) in [4.78, 5) is 2.02. The first-order valence-electron chi connectivity index (χ1n) is 12.4.